The summed E-state index contributed by atoms with van der Waals surface area (Å²) >= 11 is 0. The maximum absolute atomic E-state index is 11.9. The van der Waals surface area contributed by atoms with Gasteiger partial charge in [0.05, 0.1) is 79.3 Å². The summed E-state index contributed by atoms with van der Waals surface area (Å²) < 4.78 is 11.4. The van der Waals surface area contributed by atoms with Crippen molar-refractivity contribution in [3.05, 3.63) is 356 Å². The molecule has 0 unspecified atom stereocenters. The summed E-state index contributed by atoms with van der Waals surface area (Å²) in [5, 5.41) is 179. The van der Waals surface area contributed by atoms with Gasteiger partial charge in [-0.25, -0.2) is 28.8 Å². The minimum absolute atomic E-state index is 0.00255. The van der Waals surface area contributed by atoms with Crippen LogP contribution in [0.3, 0.4) is 0 Å². The summed E-state index contributed by atoms with van der Waals surface area (Å²) in [4.78, 5) is 71.0. The highest BCUT2D eigenvalue weighted by atomic mass is 16.4. The number of carboxylic acids is 6. The van der Waals surface area contributed by atoms with E-state index in [0.29, 0.717) is 128 Å². The maximum atomic E-state index is 11.9. The number of rotatable bonds is 24. The number of para-hydroxylation sites is 3. The molecule has 30 heteroatoms. The number of aromatic nitrogens is 6. The molecule has 12 aromatic carbocycles. The Morgan fingerprint density at radius 1 is 0.208 bits per heavy atom. The molecule has 0 aliphatic carbocycles. The Bertz CT molecular complexity index is 7780. The molecular formula is C114H114N6O24. The summed E-state index contributed by atoms with van der Waals surface area (Å²) in [5.74, 6) is -5.05. The lowest BCUT2D eigenvalue weighted by Crippen LogP contribution is -2.10. The number of phenols is 12. The first-order chi connectivity index (χ1) is 68.4. The molecule has 0 spiro atoms. The van der Waals surface area contributed by atoms with E-state index < -0.39 is 35.8 Å². The predicted molar refractivity (Wildman–Crippen MR) is 551 cm³/mol. The number of carbonyl (C=O) groups is 6. The molecular weight excluding hydrogens is 1840 g/mol. The fraction of sp³-hybridized carbons (Fsp3) is 0.211. The van der Waals surface area contributed by atoms with Gasteiger partial charge in [0.25, 0.3) is 0 Å². The van der Waals surface area contributed by atoms with E-state index in [4.69, 9.17) is 0 Å². The van der Waals surface area contributed by atoms with Gasteiger partial charge in [-0.1, -0.05) is 192 Å². The first-order valence-electron chi connectivity index (χ1n) is 46.5. The predicted octanol–water partition coefficient (Wildman–Crippen LogP) is 23.5. The Morgan fingerprint density at radius 3 is 0.799 bits per heavy atom. The number of nitrogens with zero attached hydrogens (tertiary/aromatic N) is 6. The van der Waals surface area contributed by atoms with Gasteiger partial charge in [0.2, 0.25) is 0 Å². The molecule has 744 valence electrons. The zero-order chi connectivity index (χ0) is 105. The Kier molecular flexibility index (Phi) is 31.5. The molecule has 144 heavy (non-hydrogen) atoms. The zero-order valence-electron chi connectivity index (χ0n) is 81.1. The molecule has 30 nitrogen and oxygen atoms in total. The first kappa shape index (κ1) is 104. The van der Waals surface area contributed by atoms with Crippen molar-refractivity contribution in [1.82, 2.24) is 27.4 Å². The van der Waals surface area contributed by atoms with Gasteiger partial charge in [-0.2, -0.15) is 0 Å². The van der Waals surface area contributed by atoms with Crippen LogP contribution in [0.5, 0.6) is 69.0 Å². The normalized spacial score (nSPS) is 11.3. The summed E-state index contributed by atoms with van der Waals surface area (Å²) in [6.07, 6.45) is 0. The molecule has 0 amide bonds. The van der Waals surface area contributed by atoms with Gasteiger partial charge in [0, 0.05) is 110 Å². The standard InChI is InChI=1S/6C19H19NO4/c1-11(2)18-17(19(23)24)15-9-14(22)7-8-16(15)20(18)10-12-3-5-13(21)6-4-12;1-11(2)18-17(19(23)24)15-8-7-14(22)9-16(15)20(18)10-12-3-5-13(21)6-4-12;1-11(2)18-17(19(23)24)16-13(7-5-9-15(16)22)20(18)10-12-6-3-4-8-14(12)21;1-11(2)17-16(19(23)24)14-4-3-5-15(22)18(14)20(17)10-12-6-8-13(21)9-7-12;1-11(2)18-17(19(23)24)16-14(4-3-5-15(16)22)20(18)10-12-6-8-13(21)9-7-12;1-11(2)18-17(19(23)24)14-9-13(21)7-8-15(14)20(18)10-12-5-3-4-6-16(12)22/h6*3-9,11,21-22H,10H2,1-2H3,(H,23,24). The average Bonchev–Trinajstić information content (AvgIpc) is 1.61. The molecule has 0 saturated heterocycles. The van der Waals surface area contributed by atoms with E-state index in [0.717, 1.165) is 44.7 Å². The molecule has 18 rings (SSSR count). The average molecular weight is 1950 g/mol. The Hall–Kier alpha value is -17.7. The molecule has 0 fully saturated rings. The first-order valence-corrected chi connectivity index (χ1v) is 46.5. The second-order valence-electron chi connectivity index (χ2n) is 36.9. The minimum Gasteiger partial charge on any atom is -0.508 e. The van der Waals surface area contributed by atoms with Crippen LogP contribution in [0.4, 0.5) is 0 Å². The van der Waals surface area contributed by atoms with Crippen LogP contribution in [-0.2, 0) is 39.3 Å². The molecule has 0 saturated carbocycles. The van der Waals surface area contributed by atoms with Gasteiger partial charge in [0.15, 0.2) is 0 Å². The SMILES string of the molecule is CC(C)c1c(C(=O)O)c2c(O)cccc2n1Cc1ccc(O)cc1.CC(C)c1c(C(=O)O)c2c(O)cccc2n1Cc1ccccc1O.CC(C)c1c(C(=O)O)c2cc(O)ccc2n1Cc1ccc(O)cc1.CC(C)c1c(C(=O)O)c2cc(O)ccc2n1Cc1ccccc1O.CC(C)c1c(C(=O)O)c2ccc(O)cc2n1Cc1ccc(O)cc1.CC(C)c1c(C(=O)O)c2cccc(O)c2n1Cc1ccc(O)cc1. The highest BCUT2D eigenvalue weighted by molar-refractivity contribution is 6.11. The van der Waals surface area contributed by atoms with Crippen molar-refractivity contribution in [2.75, 3.05) is 0 Å². The molecule has 6 heterocycles. The van der Waals surface area contributed by atoms with E-state index in [-0.39, 0.29) is 138 Å². The van der Waals surface area contributed by atoms with Crippen molar-refractivity contribution < 1.29 is 121 Å². The number of hydrogen-bond acceptors (Lipinski definition) is 18. The summed E-state index contributed by atoms with van der Waals surface area (Å²) in [5.41, 5.74) is 14.4. The number of fused-ring (bicyclic) bond motifs is 6. The number of hydrogen-bond donors (Lipinski definition) is 18. The number of aromatic hydroxyl groups is 12. The van der Waals surface area contributed by atoms with Gasteiger partial charge in [0.1, 0.15) is 69.0 Å². The van der Waals surface area contributed by atoms with Crippen LogP contribution in [0.2, 0.25) is 0 Å². The van der Waals surface area contributed by atoms with Crippen molar-refractivity contribution in [3.8, 4) is 69.0 Å². The van der Waals surface area contributed by atoms with Gasteiger partial charge >= 0.3 is 35.8 Å². The number of aromatic carboxylic acids is 6. The molecule has 18 N–H and O–H groups in total. The third-order valence-corrected chi connectivity index (χ3v) is 24.9. The van der Waals surface area contributed by atoms with Gasteiger partial charge in [-0.3, -0.25) is 0 Å². The van der Waals surface area contributed by atoms with Crippen LogP contribution >= 0.6 is 0 Å². The number of phenolic OH excluding ortho intramolecular Hbond substituents is 12. The molecule has 0 radical (unpaired) electrons. The van der Waals surface area contributed by atoms with Gasteiger partial charge in [-0.15, -0.1) is 0 Å². The van der Waals surface area contributed by atoms with Crippen molar-refractivity contribution in [3.63, 3.8) is 0 Å². The topological polar surface area (TPSA) is 496 Å². The molecule has 6 aromatic heterocycles. The maximum Gasteiger partial charge on any atom is 0.338 e. The van der Waals surface area contributed by atoms with Crippen molar-refractivity contribution >= 4 is 101 Å². The third kappa shape index (κ3) is 22.0. The second kappa shape index (κ2) is 43.8. The highest BCUT2D eigenvalue weighted by Crippen LogP contribution is 2.44. The summed E-state index contributed by atoms with van der Waals surface area (Å²) in [6, 6.07) is 70.4. The largest absolute Gasteiger partial charge is 0.508 e. The number of carboxylic acid groups (broad SMARTS) is 6. The summed E-state index contributed by atoms with van der Waals surface area (Å²) in [7, 11) is 0. The van der Waals surface area contributed by atoms with Crippen molar-refractivity contribution in [2.45, 2.75) is 158 Å². The van der Waals surface area contributed by atoms with Crippen LogP contribution < -0.4 is 0 Å². The van der Waals surface area contributed by atoms with Gasteiger partial charge in [-0.05, 0) is 197 Å². The van der Waals surface area contributed by atoms with Crippen molar-refractivity contribution in [2.24, 2.45) is 0 Å². The van der Waals surface area contributed by atoms with E-state index in [2.05, 4.69) is 0 Å². The van der Waals surface area contributed by atoms with Gasteiger partial charge < -0.3 is 119 Å². The quantitative estimate of drug-likeness (QED) is 0.0267. The van der Waals surface area contributed by atoms with Crippen LogP contribution in [0.15, 0.2) is 255 Å². The molecule has 0 bridgehead atoms. The highest BCUT2D eigenvalue weighted by Gasteiger charge is 2.33. The molecule has 18 aromatic rings. The minimum atomic E-state index is -1.07. The van der Waals surface area contributed by atoms with Crippen LogP contribution in [0.1, 0.15) is 248 Å². The number of benzene rings is 12. The smallest absolute Gasteiger partial charge is 0.338 e. The van der Waals surface area contributed by atoms with Crippen LogP contribution in [-0.4, -0.2) is 155 Å². The Balaban J connectivity index is 0.000000145. The molecule has 0 aliphatic heterocycles. The second-order valence-corrected chi connectivity index (χ2v) is 36.9. The Morgan fingerprint density at radius 2 is 0.458 bits per heavy atom. The fourth-order valence-corrected chi connectivity index (χ4v) is 19.0. The molecule has 0 aliphatic rings. The van der Waals surface area contributed by atoms with Crippen LogP contribution in [0.25, 0.3) is 65.4 Å². The molecule has 0 atom stereocenters. The lowest BCUT2D eigenvalue weighted by Gasteiger charge is -2.15. The lowest BCUT2D eigenvalue weighted by molar-refractivity contribution is 0.0686. The summed E-state index contributed by atoms with van der Waals surface area (Å²) in [6.45, 7) is 25.7. The monoisotopic (exact) mass is 1950 g/mol. The zero-order valence-corrected chi connectivity index (χ0v) is 81.1. The van der Waals surface area contributed by atoms with E-state index in [9.17, 15) is 121 Å². The van der Waals surface area contributed by atoms with E-state index in [1.807, 2.05) is 147 Å². The van der Waals surface area contributed by atoms with Crippen LogP contribution in [0, 0.1) is 0 Å². The Labute approximate surface area is 827 Å². The van der Waals surface area contributed by atoms with E-state index >= 15 is 0 Å². The third-order valence-electron chi connectivity index (χ3n) is 24.9. The van der Waals surface area contributed by atoms with Crippen molar-refractivity contribution in [1.29, 1.82) is 0 Å². The fourth-order valence-electron chi connectivity index (χ4n) is 19.0. The van der Waals surface area contributed by atoms with E-state index in [1.54, 1.807) is 188 Å². The lowest BCUT2D eigenvalue weighted by atomic mass is 10.0. The van der Waals surface area contributed by atoms with E-state index in [1.165, 1.54) is 30.3 Å².